The Morgan fingerprint density at radius 1 is 0.960 bits per heavy atom. The maximum absolute atomic E-state index is 12.5. The highest BCUT2D eigenvalue weighted by Crippen LogP contribution is 2.37. The molecule has 0 radical (unpaired) electrons. The smallest absolute Gasteiger partial charge is 0.338 e. The van der Waals surface area contributed by atoms with Gasteiger partial charge in [0.2, 0.25) is 0 Å². The van der Waals surface area contributed by atoms with Crippen LogP contribution in [0.5, 0.6) is 11.5 Å². The van der Waals surface area contributed by atoms with Crippen LogP contribution in [0.15, 0.2) is 42.5 Å². The van der Waals surface area contributed by atoms with Crippen LogP contribution in [0.1, 0.15) is 66.9 Å². The summed E-state index contributed by atoms with van der Waals surface area (Å²) in [5.41, 5.74) is 2.65. The highest BCUT2D eigenvalue weighted by Gasteiger charge is 2.22. The van der Waals surface area contributed by atoms with Crippen LogP contribution < -0.4 is 4.74 Å². The van der Waals surface area contributed by atoms with E-state index in [1.54, 1.807) is 0 Å². The lowest BCUT2D eigenvalue weighted by Gasteiger charge is -2.21. The molecule has 0 atom stereocenters. The molecule has 2 aromatic carbocycles. The van der Waals surface area contributed by atoms with E-state index in [1.165, 1.54) is 25.7 Å². The SMILES string of the molecule is CCCCCCCCOC(=O)c1cccc2c1Cc1ccccc1O2. The second kappa shape index (κ2) is 8.70. The summed E-state index contributed by atoms with van der Waals surface area (Å²) < 4.78 is 11.4. The van der Waals surface area contributed by atoms with Crippen LogP contribution in [0.25, 0.3) is 0 Å². The van der Waals surface area contributed by atoms with Gasteiger partial charge in [0.15, 0.2) is 0 Å². The topological polar surface area (TPSA) is 35.5 Å². The molecule has 3 heteroatoms. The van der Waals surface area contributed by atoms with Crippen LogP contribution in [0, 0.1) is 0 Å². The van der Waals surface area contributed by atoms with Crippen LogP contribution >= 0.6 is 0 Å². The molecule has 2 aromatic rings. The first kappa shape index (κ1) is 17.5. The summed E-state index contributed by atoms with van der Waals surface area (Å²) in [6, 6.07) is 13.6. The van der Waals surface area contributed by atoms with Crippen LogP contribution in [-0.2, 0) is 11.2 Å². The van der Waals surface area contributed by atoms with E-state index in [-0.39, 0.29) is 5.97 Å². The fourth-order valence-electron chi connectivity index (χ4n) is 3.22. The summed E-state index contributed by atoms with van der Waals surface area (Å²) in [6.07, 6.45) is 7.79. The number of rotatable bonds is 8. The van der Waals surface area contributed by atoms with Crippen molar-refractivity contribution in [1.82, 2.24) is 0 Å². The molecule has 0 fully saturated rings. The number of para-hydroxylation sites is 1. The average Bonchev–Trinajstić information content (AvgIpc) is 2.65. The van der Waals surface area contributed by atoms with E-state index in [2.05, 4.69) is 6.92 Å². The molecule has 0 saturated heterocycles. The fraction of sp³-hybridized carbons (Fsp3) is 0.409. The van der Waals surface area contributed by atoms with Crippen molar-refractivity contribution in [3.05, 3.63) is 59.2 Å². The van der Waals surface area contributed by atoms with Crippen molar-refractivity contribution < 1.29 is 14.3 Å². The van der Waals surface area contributed by atoms with Crippen LogP contribution in [-0.4, -0.2) is 12.6 Å². The van der Waals surface area contributed by atoms with Crippen LogP contribution in [0.4, 0.5) is 0 Å². The fourth-order valence-corrected chi connectivity index (χ4v) is 3.22. The number of carbonyl (C=O) groups is 1. The van der Waals surface area contributed by atoms with Gasteiger partial charge in [0.05, 0.1) is 12.2 Å². The first-order chi connectivity index (χ1) is 12.3. The maximum atomic E-state index is 12.5. The zero-order valence-corrected chi connectivity index (χ0v) is 14.9. The van der Waals surface area contributed by atoms with Gasteiger partial charge in [-0.1, -0.05) is 63.3 Å². The van der Waals surface area contributed by atoms with Crippen molar-refractivity contribution in [1.29, 1.82) is 0 Å². The van der Waals surface area contributed by atoms with Gasteiger partial charge in [0.25, 0.3) is 0 Å². The number of hydrogen-bond donors (Lipinski definition) is 0. The minimum Gasteiger partial charge on any atom is -0.462 e. The third-order valence-corrected chi connectivity index (χ3v) is 4.64. The van der Waals surface area contributed by atoms with Crippen LogP contribution in [0.2, 0.25) is 0 Å². The lowest BCUT2D eigenvalue weighted by atomic mass is 9.96. The molecule has 132 valence electrons. The molecule has 0 N–H and O–H groups in total. The second-order valence-electron chi connectivity index (χ2n) is 6.57. The largest absolute Gasteiger partial charge is 0.462 e. The number of benzene rings is 2. The summed E-state index contributed by atoms with van der Waals surface area (Å²) in [5, 5.41) is 0. The Hall–Kier alpha value is -2.29. The van der Waals surface area contributed by atoms with E-state index in [4.69, 9.17) is 9.47 Å². The lowest BCUT2D eigenvalue weighted by Crippen LogP contribution is -2.13. The number of esters is 1. The predicted molar refractivity (Wildman–Crippen MR) is 99.4 cm³/mol. The van der Waals surface area contributed by atoms with Crippen LogP contribution in [0.3, 0.4) is 0 Å². The Bertz CT molecular complexity index is 721. The van der Waals surface area contributed by atoms with E-state index in [9.17, 15) is 4.79 Å². The summed E-state index contributed by atoms with van der Waals surface area (Å²) in [7, 11) is 0. The minimum absolute atomic E-state index is 0.242. The Balaban J connectivity index is 1.58. The predicted octanol–water partition coefficient (Wildman–Crippen LogP) is 5.90. The molecule has 0 saturated carbocycles. The zero-order valence-electron chi connectivity index (χ0n) is 14.9. The monoisotopic (exact) mass is 338 g/mol. The molecule has 0 aromatic heterocycles. The average molecular weight is 338 g/mol. The van der Waals surface area contributed by atoms with Gasteiger partial charge in [-0.15, -0.1) is 0 Å². The zero-order chi connectivity index (χ0) is 17.5. The molecule has 1 aliphatic heterocycles. The maximum Gasteiger partial charge on any atom is 0.338 e. The van der Waals surface area contributed by atoms with E-state index < -0.39 is 0 Å². The number of fused-ring (bicyclic) bond motifs is 2. The lowest BCUT2D eigenvalue weighted by molar-refractivity contribution is 0.0496. The molecule has 25 heavy (non-hydrogen) atoms. The molecule has 0 bridgehead atoms. The van der Waals surface area contributed by atoms with Crippen molar-refractivity contribution in [3.8, 4) is 11.5 Å². The van der Waals surface area contributed by atoms with Crippen molar-refractivity contribution in [3.63, 3.8) is 0 Å². The highest BCUT2D eigenvalue weighted by molar-refractivity contribution is 5.92. The Labute approximate surface area is 150 Å². The second-order valence-corrected chi connectivity index (χ2v) is 6.57. The van der Waals surface area contributed by atoms with Gasteiger partial charge < -0.3 is 9.47 Å². The summed E-state index contributed by atoms with van der Waals surface area (Å²) in [5.74, 6) is 1.38. The summed E-state index contributed by atoms with van der Waals surface area (Å²) in [6.45, 7) is 2.70. The number of carbonyl (C=O) groups excluding carboxylic acids is 1. The molecular weight excluding hydrogens is 312 g/mol. The number of ether oxygens (including phenoxy) is 2. The van der Waals surface area contributed by atoms with Gasteiger partial charge in [-0.2, -0.15) is 0 Å². The van der Waals surface area contributed by atoms with Gasteiger partial charge in [-0.05, 0) is 30.2 Å². The van der Waals surface area contributed by atoms with E-state index in [0.717, 1.165) is 35.5 Å². The van der Waals surface area contributed by atoms with Crippen molar-refractivity contribution in [2.45, 2.75) is 51.9 Å². The Morgan fingerprint density at radius 2 is 1.72 bits per heavy atom. The van der Waals surface area contributed by atoms with Gasteiger partial charge >= 0.3 is 5.97 Å². The van der Waals surface area contributed by atoms with Gasteiger partial charge in [0, 0.05) is 12.0 Å². The molecule has 1 aliphatic rings. The minimum atomic E-state index is -0.242. The van der Waals surface area contributed by atoms with Crippen molar-refractivity contribution in [2.24, 2.45) is 0 Å². The van der Waals surface area contributed by atoms with E-state index in [0.29, 0.717) is 18.6 Å². The first-order valence-corrected chi connectivity index (χ1v) is 9.34. The molecule has 3 nitrogen and oxygen atoms in total. The van der Waals surface area contributed by atoms with Crippen molar-refractivity contribution in [2.75, 3.05) is 6.61 Å². The third kappa shape index (κ3) is 4.41. The molecule has 0 aliphatic carbocycles. The third-order valence-electron chi connectivity index (χ3n) is 4.64. The normalized spacial score (nSPS) is 12.0. The molecule has 1 heterocycles. The molecule has 0 unspecified atom stereocenters. The molecule has 0 spiro atoms. The quantitative estimate of drug-likeness (QED) is 0.379. The van der Waals surface area contributed by atoms with E-state index >= 15 is 0 Å². The van der Waals surface area contributed by atoms with Gasteiger partial charge in [-0.3, -0.25) is 0 Å². The summed E-state index contributed by atoms with van der Waals surface area (Å²) >= 11 is 0. The van der Waals surface area contributed by atoms with Gasteiger partial charge in [0.1, 0.15) is 11.5 Å². The number of hydrogen-bond acceptors (Lipinski definition) is 3. The van der Waals surface area contributed by atoms with Crippen molar-refractivity contribution >= 4 is 5.97 Å². The Morgan fingerprint density at radius 3 is 2.60 bits per heavy atom. The molecule has 0 amide bonds. The highest BCUT2D eigenvalue weighted by atomic mass is 16.5. The summed E-state index contributed by atoms with van der Waals surface area (Å²) in [4.78, 5) is 12.5. The first-order valence-electron chi connectivity index (χ1n) is 9.34. The number of unbranched alkanes of at least 4 members (excludes halogenated alkanes) is 5. The van der Waals surface area contributed by atoms with Gasteiger partial charge in [-0.25, -0.2) is 4.79 Å². The standard InChI is InChI=1S/C22H26O3/c1-2-3-4-5-6-9-15-24-22(23)18-12-10-14-21-19(18)16-17-11-7-8-13-20(17)25-21/h7-8,10-14H,2-6,9,15-16H2,1H3. The van der Waals surface area contributed by atoms with E-state index in [1.807, 2.05) is 42.5 Å². The molecule has 3 rings (SSSR count). The Kier molecular flexibility index (Phi) is 6.10. The molecular formula is C22H26O3.